The number of hydrogen-bond donors (Lipinski definition) is 1. The molecule has 0 saturated carbocycles. The molecule has 17 heavy (non-hydrogen) atoms. The molecule has 0 aromatic heterocycles. The summed E-state index contributed by atoms with van der Waals surface area (Å²) in [6.07, 6.45) is 0.0620. The van der Waals surface area contributed by atoms with Gasteiger partial charge in [0.1, 0.15) is 5.75 Å². The normalized spacial score (nSPS) is 14.5. The smallest absolute Gasteiger partial charge is 0.387 e. The summed E-state index contributed by atoms with van der Waals surface area (Å²) in [6.45, 7) is 1.14. The lowest BCUT2D eigenvalue weighted by Gasteiger charge is -2.21. The van der Waals surface area contributed by atoms with Gasteiger partial charge in [0.2, 0.25) is 0 Å². The van der Waals surface area contributed by atoms with Gasteiger partial charge in [0.25, 0.3) is 0 Å². The van der Waals surface area contributed by atoms with Crippen LogP contribution in [0.3, 0.4) is 0 Å². The van der Waals surface area contributed by atoms with Gasteiger partial charge in [0.15, 0.2) is 0 Å². The van der Waals surface area contributed by atoms with E-state index < -0.39 is 6.61 Å². The minimum atomic E-state index is -2.79. The molecule has 2 atom stereocenters. The van der Waals surface area contributed by atoms with Gasteiger partial charge >= 0.3 is 6.61 Å². The largest absolute Gasteiger partial charge is 0.435 e. The molecule has 0 heterocycles. The molecule has 1 N–H and O–H groups in total. The lowest BCUT2D eigenvalue weighted by molar-refractivity contribution is -0.0498. The number of alkyl halides is 2. The molecule has 0 saturated heterocycles. The molecule has 1 aromatic carbocycles. The molecule has 0 aliphatic rings. The van der Waals surface area contributed by atoms with E-state index in [0.29, 0.717) is 0 Å². The number of nitrogens with one attached hydrogen (secondary N) is 1. The second kappa shape index (κ2) is 6.39. The van der Waals surface area contributed by atoms with Crippen LogP contribution in [0, 0.1) is 0 Å². The topological polar surface area (TPSA) is 30.5 Å². The molecular weight excluding hydrogens is 228 g/mol. The van der Waals surface area contributed by atoms with Crippen molar-refractivity contribution in [3.05, 3.63) is 24.3 Å². The molecule has 0 radical (unpaired) electrons. The molecule has 0 spiro atoms. The number of hydrogen-bond acceptors (Lipinski definition) is 3. The number of halogens is 2. The number of ether oxygens (including phenoxy) is 2. The van der Waals surface area contributed by atoms with Crippen LogP contribution >= 0.6 is 0 Å². The zero-order valence-electron chi connectivity index (χ0n) is 10.1. The van der Waals surface area contributed by atoms with Gasteiger partial charge < -0.3 is 14.8 Å². The van der Waals surface area contributed by atoms with Crippen molar-refractivity contribution in [3.8, 4) is 5.75 Å². The van der Waals surface area contributed by atoms with Gasteiger partial charge in [-0.15, -0.1) is 0 Å². The fraction of sp³-hybridized carbons (Fsp3) is 0.500. The van der Waals surface area contributed by atoms with Crippen LogP contribution in [0.4, 0.5) is 14.5 Å². The molecule has 0 aliphatic heterocycles. The van der Waals surface area contributed by atoms with Gasteiger partial charge in [-0.1, -0.05) is 0 Å². The monoisotopic (exact) mass is 245 g/mol. The number of methoxy groups -OCH3 is 1. The molecule has 5 heteroatoms. The summed E-state index contributed by atoms with van der Waals surface area (Å²) in [4.78, 5) is 0. The molecule has 0 amide bonds. The van der Waals surface area contributed by atoms with E-state index in [2.05, 4.69) is 10.1 Å². The zero-order chi connectivity index (χ0) is 12.8. The molecular formula is C12H17F2NO2. The van der Waals surface area contributed by atoms with Crippen molar-refractivity contribution >= 4 is 5.69 Å². The van der Waals surface area contributed by atoms with Crippen LogP contribution in [0.5, 0.6) is 5.75 Å². The van der Waals surface area contributed by atoms with E-state index in [1.807, 2.05) is 13.8 Å². The Morgan fingerprint density at radius 2 is 1.71 bits per heavy atom. The van der Waals surface area contributed by atoms with Gasteiger partial charge in [0.05, 0.1) is 6.10 Å². The minimum absolute atomic E-state index is 0.0620. The van der Waals surface area contributed by atoms with Crippen molar-refractivity contribution < 1.29 is 18.3 Å². The summed E-state index contributed by atoms with van der Waals surface area (Å²) >= 11 is 0. The first kappa shape index (κ1) is 13.7. The predicted molar refractivity (Wildman–Crippen MR) is 62.6 cm³/mol. The van der Waals surface area contributed by atoms with Crippen molar-refractivity contribution in [3.63, 3.8) is 0 Å². The van der Waals surface area contributed by atoms with E-state index in [0.717, 1.165) is 5.69 Å². The Bertz CT molecular complexity index is 330. The highest BCUT2D eigenvalue weighted by Gasteiger charge is 2.10. The Hall–Kier alpha value is -1.36. The fourth-order valence-corrected chi connectivity index (χ4v) is 1.32. The van der Waals surface area contributed by atoms with Gasteiger partial charge in [-0.05, 0) is 38.1 Å². The maximum atomic E-state index is 11.9. The van der Waals surface area contributed by atoms with Crippen molar-refractivity contribution in [1.82, 2.24) is 0 Å². The molecule has 1 rings (SSSR count). The standard InChI is InChI=1S/C12H17F2NO2/c1-8(9(2)16-3)15-10-4-6-11(7-5-10)17-12(13)14/h4-9,12,15H,1-3H3. The van der Waals surface area contributed by atoms with E-state index in [1.54, 1.807) is 19.2 Å². The van der Waals surface area contributed by atoms with Gasteiger partial charge in [-0.25, -0.2) is 0 Å². The van der Waals surface area contributed by atoms with Gasteiger partial charge in [0, 0.05) is 18.8 Å². The molecule has 2 unspecified atom stereocenters. The third-order valence-electron chi connectivity index (χ3n) is 2.55. The summed E-state index contributed by atoms with van der Waals surface area (Å²) in [5.74, 6) is 0.151. The van der Waals surface area contributed by atoms with E-state index in [1.165, 1.54) is 12.1 Å². The van der Waals surface area contributed by atoms with E-state index in [9.17, 15) is 8.78 Å². The van der Waals surface area contributed by atoms with Gasteiger partial charge in [-0.2, -0.15) is 8.78 Å². The summed E-state index contributed by atoms with van der Waals surface area (Å²) < 4.78 is 33.3. The predicted octanol–water partition coefficient (Wildman–Crippen LogP) is 3.12. The summed E-state index contributed by atoms with van der Waals surface area (Å²) in [7, 11) is 1.64. The Morgan fingerprint density at radius 3 is 2.18 bits per heavy atom. The number of benzene rings is 1. The number of anilines is 1. The van der Waals surface area contributed by atoms with Crippen LogP contribution in [0.2, 0.25) is 0 Å². The molecule has 0 bridgehead atoms. The Morgan fingerprint density at radius 1 is 1.12 bits per heavy atom. The van der Waals surface area contributed by atoms with E-state index in [-0.39, 0.29) is 17.9 Å². The Balaban J connectivity index is 2.56. The first-order valence-electron chi connectivity index (χ1n) is 5.37. The first-order chi connectivity index (χ1) is 8.02. The van der Waals surface area contributed by atoms with Crippen LogP contribution in [0.1, 0.15) is 13.8 Å². The van der Waals surface area contributed by atoms with E-state index in [4.69, 9.17) is 4.74 Å². The van der Waals surface area contributed by atoms with Gasteiger partial charge in [-0.3, -0.25) is 0 Å². The second-order valence-corrected chi connectivity index (χ2v) is 3.78. The SMILES string of the molecule is COC(C)C(C)Nc1ccc(OC(F)F)cc1. The summed E-state index contributed by atoms with van der Waals surface area (Å²) in [5, 5.41) is 3.21. The molecule has 0 fully saturated rings. The third-order valence-corrected chi connectivity index (χ3v) is 2.55. The molecule has 3 nitrogen and oxygen atoms in total. The molecule has 1 aromatic rings. The minimum Gasteiger partial charge on any atom is -0.435 e. The zero-order valence-corrected chi connectivity index (χ0v) is 10.1. The highest BCUT2D eigenvalue weighted by atomic mass is 19.3. The van der Waals surface area contributed by atoms with Crippen molar-refractivity contribution in [1.29, 1.82) is 0 Å². The van der Waals surface area contributed by atoms with Crippen molar-refractivity contribution in [2.45, 2.75) is 32.6 Å². The molecule has 96 valence electrons. The van der Waals surface area contributed by atoms with E-state index >= 15 is 0 Å². The van der Waals surface area contributed by atoms with Crippen LogP contribution < -0.4 is 10.1 Å². The van der Waals surface area contributed by atoms with Crippen LogP contribution in [-0.4, -0.2) is 25.9 Å². The lowest BCUT2D eigenvalue weighted by Crippen LogP contribution is -2.29. The maximum Gasteiger partial charge on any atom is 0.387 e. The fourth-order valence-electron chi connectivity index (χ4n) is 1.32. The lowest BCUT2D eigenvalue weighted by atomic mass is 10.2. The molecule has 0 aliphatic carbocycles. The van der Waals surface area contributed by atoms with Crippen molar-refractivity contribution in [2.24, 2.45) is 0 Å². The average molecular weight is 245 g/mol. The average Bonchev–Trinajstić information content (AvgIpc) is 2.30. The highest BCUT2D eigenvalue weighted by Crippen LogP contribution is 2.18. The van der Waals surface area contributed by atoms with Crippen LogP contribution in [0.25, 0.3) is 0 Å². The first-order valence-corrected chi connectivity index (χ1v) is 5.37. The number of rotatable bonds is 6. The van der Waals surface area contributed by atoms with Crippen LogP contribution in [-0.2, 0) is 4.74 Å². The Labute approximate surface area is 99.7 Å². The summed E-state index contributed by atoms with van der Waals surface area (Å²) in [5.41, 5.74) is 0.836. The second-order valence-electron chi connectivity index (χ2n) is 3.78. The quantitative estimate of drug-likeness (QED) is 0.835. The van der Waals surface area contributed by atoms with Crippen LogP contribution in [0.15, 0.2) is 24.3 Å². The maximum absolute atomic E-state index is 11.9. The summed E-state index contributed by atoms with van der Waals surface area (Å²) in [6, 6.07) is 6.51. The van der Waals surface area contributed by atoms with Crippen molar-refractivity contribution in [2.75, 3.05) is 12.4 Å². The third kappa shape index (κ3) is 4.56. The Kier molecular flexibility index (Phi) is 5.15. The highest BCUT2D eigenvalue weighted by molar-refractivity contribution is 5.47.